The van der Waals surface area contributed by atoms with E-state index in [4.69, 9.17) is 19.2 Å². The number of nitrogens with zero attached hydrogens (tertiary/aromatic N) is 2. The Labute approximate surface area is 173 Å². The van der Waals surface area contributed by atoms with E-state index in [0.717, 1.165) is 42.8 Å². The second-order valence-corrected chi connectivity index (χ2v) is 8.06. The number of carbonyl (C=O) groups excluding carboxylic acids is 1. The molecule has 1 aliphatic rings. The maximum atomic E-state index is 11.7. The fourth-order valence-corrected chi connectivity index (χ4v) is 3.67. The molecule has 6 heteroatoms. The van der Waals surface area contributed by atoms with Gasteiger partial charge in [-0.15, -0.1) is 0 Å². The monoisotopic (exact) mass is 400 g/mol. The Morgan fingerprint density at radius 1 is 1.21 bits per heavy atom. The van der Waals surface area contributed by atoms with Gasteiger partial charge < -0.3 is 18.8 Å². The highest BCUT2D eigenvalue weighted by molar-refractivity contribution is 5.77. The molecule has 0 bridgehead atoms. The summed E-state index contributed by atoms with van der Waals surface area (Å²) in [7, 11) is 3.42. The van der Waals surface area contributed by atoms with E-state index >= 15 is 0 Å². The molecular weight excluding hydrogens is 368 g/mol. The Morgan fingerprint density at radius 3 is 2.48 bits per heavy atom. The van der Waals surface area contributed by atoms with Crippen molar-refractivity contribution in [2.75, 3.05) is 20.3 Å². The highest BCUT2D eigenvalue weighted by Crippen LogP contribution is 2.26. The third-order valence-electron chi connectivity index (χ3n) is 5.81. The van der Waals surface area contributed by atoms with E-state index in [1.165, 1.54) is 18.4 Å². The first kappa shape index (κ1) is 21.5. The molecule has 29 heavy (non-hydrogen) atoms. The topological polar surface area (TPSA) is 62.6 Å². The summed E-state index contributed by atoms with van der Waals surface area (Å²) in [4.78, 5) is 16.6. The average molecular weight is 401 g/mol. The molecule has 1 saturated heterocycles. The van der Waals surface area contributed by atoms with Crippen LogP contribution in [0.5, 0.6) is 0 Å². The highest BCUT2D eigenvalue weighted by Gasteiger charge is 2.41. The minimum absolute atomic E-state index is 0.306. The van der Waals surface area contributed by atoms with Gasteiger partial charge in [0.15, 0.2) is 0 Å². The van der Waals surface area contributed by atoms with Crippen LogP contribution in [0, 0.1) is 19.8 Å². The van der Waals surface area contributed by atoms with E-state index < -0.39 is 11.8 Å². The van der Waals surface area contributed by atoms with Gasteiger partial charge >= 0.3 is 5.97 Å². The Hall–Kier alpha value is -2.18. The number of aromatic nitrogens is 2. The average Bonchev–Trinajstić information content (AvgIpc) is 3.01. The van der Waals surface area contributed by atoms with Crippen LogP contribution in [0.4, 0.5) is 0 Å². The zero-order chi connectivity index (χ0) is 21.0. The van der Waals surface area contributed by atoms with E-state index in [0.29, 0.717) is 19.1 Å². The van der Waals surface area contributed by atoms with Crippen molar-refractivity contribution in [2.45, 2.75) is 52.2 Å². The van der Waals surface area contributed by atoms with Crippen LogP contribution in [-0.4, -0.2) is 41.6 Å². The number of carbonyl (C=O) groups is 1. The van der Waals surface area contributed by atoms with Crippen LogP contribution in [0.15, 0.2) is 24.3 Å². The second kappa shape index (κ2) is 9.09. The normalized spacial score (nSPS) is 21.9. The molecule has 0 aliphatic carbocycles. The SMILES string of the molecule is COC(=O)C1(C)OCC(CCCCc2nc(-c3ccc(C)cc3)n(C)c2C)CO1. The van der Waals surface area contributed by atoms with Gasteiger partial charge in [0.25, 0.3) is 5.79 Å². The minimum Gasteiger partial charge on any atom is -0.465 e. The second-order valence-electron chi connectivity index (χ2n) is 8.06. The quantitative estimate of drug-likeness (QED) is 0.520. The summed E-state index contributed by atoms with van der Waals surface area (Å²) in [6, 6.07) is 8.51. The molecule has 1 aromatic heterocycles. The molecule has 0 unspecified atom stereocenters. The summed E-state index contributed by atoms with van der Waals surface area (Å²) in [6.45, 7) is 6.88. The molecule has 1 aromatic carbocycles. The van der Waals surface area contributed by atoms with Crippen molar-refractivity contribution in [2.24, 2.45) is 13.0 Å². The number of ether oxygens (including phenoxy) is 3. The third-order valence-corrected chi connectivity index (χ3v) is 5.81. The van der Waals surface area contributed by atoms with E-state index in [9.17, 15) is 4.79 Å². The Balaban J connectivity index is 1.49. The number of benzene rings is 1. The number of rotatable bonds is 7. The molecule has 6 nitrogen and oxygen atoms in total. The lowest BCUT2D eigenvalue weighted by Gasteiger charge is -2.35. The maximum absolute atomic E-state index is 11.7. The number of esters is 1. The minimum atomic E-state index is -1.26. The molecule has 2 aromatic rings. The van der Waals surface area contributed by atoms with Crippen LogP contribution in [0.1, 0.15) is 43.1 Å². The van der Waals surface area contributed by atoms with Gasteiger partial charge in [0.2, 0.25) is 0 Å². The standard InChI is InChI=1S/C23H32N2O4/c1-16-10-12-19(13-11-16)21-24-20(17(2)25(21)4)9-7-6-8-18-14-28-23(3,29-15-18)22(26)27-5/h10-13,18H,6-9,14-15H2,1-5H3. The molecule has 2 heterocycles. The number of hydrogen-bond acceptors (Lipinski definition) is 5. The fraction of sp³-hybridized carbons (Fsp3) is 0.565. The summed E-state index contributed by atoms with van der Waals surface area (Å²) in [6.07, 6.45) is 4.10. The lowest BCUT2D eigenvalue weighted by Crippen LogP contribution is -2.48. The Kier molecular flexibility index (Phi) is 6.75. The predicted octanol–water partition coefficient (Wildman–Crippen LogP) is 3.97. The van der Waals surface area contributed by atoms with Crippen molar-refractivity contribution in [3.05, 3.63) is 41.2 Å². The first-order valence-electron chi connectivity index (χ1n) is 10.3. The Morgan fingerprint density at radius 2 is 1.86 bits per heavy atom. The molecular formula is C23H32N2O4. The van der Waals surface area contributed by atoms with Gasteiger partial charge in [0, 0.05) is 31.1 Å². The number of methoxy groups -OCH3 is 1. The summed E-state index contributed by atoms with van der Waals surface area (Å²) < 4.78 is 18.2. The molecule has 0 amide bonds. The lowest BCUT2D eigenvalue weighted by molar-refractivity contribution is -0.272. The van der Waals surface area contributed by atoms with E-state index in [-0.39, 0.29) is 0 Å². The number of aryl methyl sites for hydroxylation is 2. The van der Waals surface area contributed by atoms with Crippen molar-refractivity contribution in [1.82, 2.24) is 9.55 Å². The van der Waals surface area contributed by atoms with Crippen molar-refractivity contribution in [3.63, 3.8) is 0 Å². The van der Waals surface area contributed by atoms with E-state index in [1.54, 1.807) is 6.92 Å². The van der Waals surface area contributed by atoms with Crippen LogP contribution >= 0.6 is 0 Å². The first-order chi connectivity index (χ1) is 13.8. The molecule has 0 N–H and O–H groups in total. The number of imidazole rings is 1. The molecule has 0 radical (unpaired) electrons. The van der Waals surface area contributed by atoms with Gasteiger partial charge in [-0.2, -0.15) is 0 Å². The summed E-state index contributed by atoms with van der Waals surface area (Å²) >= 11 is 0. The molecule has 0 spiro atoms. The largest absolute Gasteiger partial charge is 0.465 e. The van der Waals surface area contributed by atoms with Crippen molar-refractivity contribution < 1.29 is 19.0 Å². The summed E-state index contributed by atoms with van der Waals surface area (Å²) in [5.74, 6) is -0.414. The summed E-state index contributed by atoms with van der Waals surface area (Å²) in [5, 5.41) is 0. The van der Waals surface area contributed by atoms with Crippen molar-refractivity contribution >= 4 is 5.97 Å². The van der Waals surface area contributed by atoms with Crippen LogP contribution < -0.4 is 0 Å². The van der Waals surface area contributed by atoms with Gasteiger partial charge in [-0.1, -0.05) is 36.2 Å². The molecule has 1 aliphatic heterocycles. The van der Waals surface area contributed by atoms with E-state index in [1.807, 2.05) is 0 Å². The van der Waals surface area contributed by atoms with Crippen LogP contribution in [0.3, 0.4) is 0 Å². The van der Waals surface area contributed by atoms with Gasteiger partial charge in [-0.3, -0.25) is 0 Å². The first-order valence-corrected chi connectivity index (χ1v) is 10.3. The molecule has 1 fully saturated rings. The number of hydrogen-bond donors (Lipinski definition) is 0. The van der Waals surface area contributed by atoms with Crippen LogP contribution in [-0.2, 0) is 32.5 Å². The molecule has 158 valence electrons. The van der Waals surface area contributed by atoms with Gasteiger partial charge in [0.1, 0.15) is 5.82 Å². The fourth-order valence-electron chi connectivity index (χ4n) is 3.67. The summed E-state index contributed by atoms with van der Waals surface area (Å²) in [5.41, 5.74) is 4.79. The molecule has 3 rings (SSSR count). The number of unbranched alkanes of at least 4 members (excludes halogenated alkanes) is 1. The van der Waals surface area contributed by atoms with Crippen molar-refractivity contribution in [3.8, 4) is 11.4 Å². The van der Waals surface area contributed by atoms with Gasteiger partial charge in [-0.05, 0) is 33.1 Å². The Bertz CT molecular complexity index is 833. The zero-order valence-corrected chi connectivity index (χ0v) is 18.2. The third kappa shape index (κ3) is 4.87. The van der Waals surface area contributed by atoms with Crippen LogP contribution in [0.25, 0.3) is 11.4 Å². The maximum Gasteiger partial charge on any atom is 0.366 e. The lowest BCUT2D eigenvalue weighted by atomic mass is 10.0. The zero-order valence-electron chi connectivity index (χ0n) is 18.2. The smallest absolute Gasteiger partial charge is 0.366 e. The highest BCUT2D eigenvalue weighted by atomic mass is 16.7. The molecule has 0 saturated carbocycles. The van der Waals surface area contributed by atoms with Gasteiger partial charge in [0.05, 0.1) is 26.0 Å². The van der Waals surface area contributed by atoms with Gasteiger partial charge in [-0.25, -0.2) is 9.78 Å². The molecule has 0 atom stereocenters. The van der Waals surface area contributed by atoms with E-state index in [2.05, 4.69) is 49.7 Å². The predicted molar refractivity (Wildman–Crippen MR) is 111 cm³/mol. The van der Waals surface area contributed by atoms with Crippen LogP contribution in [0.2, 0.25) is 0 Å². The van der Waals surface area contributed by atoms with Crippen molar-refractivity contribution in [1.29, 1.82) is 0 Å².